The Morgan fingerprint density at radius 3 is 0.473 bits per heavy atom. The number of benzene rings is 10. The second-order valence-electron chi connectivity index (χ2n) is 28.9. The molecular formula is C83H70Br10F9N5O20S3Sc. The van der Waals surface area contributed by atoms with Gasteiger partial charge >= 0.3 is 46.9 Å². The van der Waals surface area contributed by atoms with Crippen LogP contribution >= 0.6 is 159 Å². The molecule has 10 aromatic carbocycles. The normalized spacial score (nSPS) is 13.6. The minimum atomic E-state index is -5.84. The third-order valence-corrected chi connectivity index (χ3v) is 29.2. The van der Waals surface area contributed by atoms with Crippen LogP contribution in [0, 0.1) is 50.6 Å². The van der Waals surface area contributed by atoms with Crippen LogP contribution in [0.25, 0.3) is 0 Å². The maximum Gasteiger partial charge on any atom is 0.522 e. The summed E-state index contributed by atoms with van der Waals surface area (Å²) in [5.74, 6) is 0. The van der Waals surface area contributed by atoms with Crippen molar-refractivity contribution in [2.75, 3.05) is 0 Å². The van der Waals surface area contributed by atoms with Gasteiger partial charge in [-0.2, -0.15) is 64.8 Å². The predicted molar refractivity (Wildman–Crippen MR) is 504 cm³/mol. The van der Waals surface area contributed by atoms with Gasteiger partial charge in [-0.25, -0.2) is 0 Å². The fourth-order valence-corrected chi connectivity index (χ4v) is 19.4. The molecule has 0 heterocycles. The molecule has 0 saturated carbocycles. The quantitative estimate of drug-likeness (QED) is 0.0418. The Balaban J connectivity index is 0.000000235. The molecule has 20 aliphatic rings. The van der Waals surface area contributed by atoms with E-state index in [1.54, 1.807) is 36.4 Å². The fraction of sp³-hybridized carbons (Fsp3) is 0.277. The molecule has 701 valence electrons. The minimum Gasteiger partial charge on any atom is -0.328 e. The molecule has 0 unspecified atom stereocenters. The number of halogens is 19. The van der Waals surface area contributed by atoms with Gasteiger partial charge in [0.2, 0.25) is 0 Å². The Bertz CT molecular complexity index is 5760. The van der Waals surface area contributed by atoms with Crippen molar-refractivity contribution in [2.45, 2.75) is 145 Å². The molecular weight excluding hydrogens is 2500 g/mol. The summed E-state index contributed by atoms with van der Waals surface area (Å²) in [6, 6.07) is 54.1. The summed E-state index contributed by atoms with van der Waals surface area (Å²) < 4.78 is 183. The smallest absolute Gasteiger partial charge is 0.328 e. The molecule has 1 radical (unpaired) electrons. The van der Waals surface area contributed by atoms with Gasteiger partial charge in [0.1, 0.15) is 0 Å². The van der Waals surface area contributed by atoms with Crippen LogP contribution < -0.4 is 0 Å². The van der Waals surface area contributed by atoms with Gasteiger partial charge in [-0.15, -0.1) is 10.1 Å². The van der Waals surface area contributed by atoms with E-state index < -0.39 is 52.0 Å². The molecule has 20 aliphatic carbocycles. The van der Waals surface area contributed by atoms with Crippen molar-refractivity contribution >= 4 is 212 Å². The SMILES string of the molecule is Brc1cc2ccc1CCc1ccc(c(Br)c1)CC2.Brc1cc2ccc1CCc1ccc(c(Br)c1)CC2.O=S(=O)(O)C(F)(F)F.O=S(=O)(O)C(F)(F)F.O=S(=O)(O)C(F)(F)F.O=[N+]([O-])O.O=[N+]([O-])c1cc2c(Br)cc1CCc1cc([N+](=O)[O-])c(cc1Br)CC2.O=[N+]([O-])c1cc2c(Br)cc1CCc1ccc(cc1Br)CC2.O=[N+]([O-])c1cc2c(Br)cc1CCc1ccc(cc1Br)CC2.[Sc]. The van der Waals surface area contributed by atoms with Gasteiger partial charge < -0.3 is 5.21 Å². The van der Waals surface area contributed by atoms with E-state index in [2.05, 4.69) is 268 Å². The molecule has 0 amide bonds. The van der Waals surface area contributed by atoms with Crippen LogP contribution in [0.4, 0.5) is 62.3 Å². The van der Waals surface area contributed by atoms with E-state index in [0.29, 0.717) is 49.7 Å². The molecule has 0 fully saturated rings. The number of alkyl halides is 9. The maximum atomic E-state index is 11.4. The number of aryl methyl sites for hydroxylation is 20. The average Bonchev–Trinajstić information content (AvgIpc) is 0.768. The number of hydrogen-bond donors (Lipinski definition) is 4. The van der Waals surface area contributed by atoms with Crippen molar-refractivity contribution in [1.29, 1.82) is 0 Å². The van der Waals surface area contributed by atoms with E-state index in [4.69, 9.17) is 54.2 Å². The Hall–Kier alpha value is -6.23. The number of nitro benzene ring substituents is 4. The average molecular weight is 2570 g/mol. The molecule has 4 N–H and O–H groups in total. The first-order valence-corrected chi connectivity index (χ1v) is 50.0. The number of nitro groups is 4. The van der Waals surface area contributed by atoms with Gasteiger partial charge in [-0.3, -0.25) is 54.1 Å². The standard InChI is InChI=1S/C16H12Br2N2O4.2C16H13Br2NO2.2C16H14Br2.3CHF3O3S.HNO3.Sc/c17-13-6-12-4-2-10-8-16(20(23)24)11(5-14(10)18)3-1-9(13)7-15(12)19(21)22;2*17-14-7-10-1-3-11(14)5-6-13-8-15(18)12(4-2-10)9-16(13)19(20)21;2*17-15-9-11-1-5-13(15)8-4-12-2-6-14(7-3-11)16(18)10-12;3*2-1(3,4)8(5,6)7;2-1(3)4;/h5-8H,1-4H2;2*1,3,7-9H,2,4-6H2;2*1-2,5-6,9-10H,3-4,7-8H2;3*(H,5,6,7);(H,2,3,4);. The van der Waals surface area contributed by atoms with Crippen LogP contribution in [0.3, 0.4) is 0 Å². The van der Waals surface area contributed by atoms with Crippen LogP contribution in [0.2, 0.25) is 0 Å². The third-order valence-electron chi connectivity index (χ3n) is 20.1. The minimum absolute atomic E-state index is 0. The van der Waals surface area contributed by atoms with Gasteiger partial charge in [0, 0.05) is 117 Å². The van der Waals surface area contributed by atoms with E-state index >= 15 is 0 Å². The summed E-state index contributed by atoms with van der Waals surface area (Å²) in [7, 11) is -17.5. The van der Waals surface area contributed by atoms with Crippen LogP contribution in [0.5, 0.6) is 0 Å². The third kappa shape index (κ3) is 35.1. The van der Waals surface area contributed by atoms with Gasteiger partial charge in [0.05, 0.1) is 19.7 Å². The van der Waals surface area contributed by atoms with E-state index in [-0.39, 0.29) is 68.3 Å². The van der Waals surface area contributed by atoms with Crippen molar-refractivity contribution in [3.63, 3.8) is 0 Å². The Kier molecular flexibility index (Phi) is 43.5. The molecule has 0 spiro atoms. The van der Waals surface area contributed by atoms with E-state index in [9.17, 15) is 80.0 Å². The zero-order valence-corrected chi connectivity index (χ0v) is 87.3. The van der Waals surface area contributed by atoms with E-state index in [1.165, 1.54) is 84.7 Å². The predicted octanol–water partition coefficient (Wildman–Crippen LogP) is 25.9. The van der Waals surface area contributed by atoms with E-state index in [0.717, 1.165) is 150 Å². The van der Waals surface area contributed by atoms with Crippen molar-refractivity contribution in [3.05, 3.63) is 364 Å². The molecule has 0 atom stereocenters. The van der Waals surface area contributed by atoms with Crippen molar-refractivity contribution in [2.24, 2.45) is 0 Å². The van der Waals surface area contributed by atoms with Gasteiger partial charge in [-0.05, 0) is 278 Å². The summed E-state index contributed by atoms with van der Waals surface area (Å²) in [4.78, 5) is 52.4. The number of hydrogen-bond acceptors (Lipinski definition) is 16. The van der Waals surface area contributed by atoms with Crippen molar-refractivity contribution < 1.29 is 134 Å². The monoisotopic (exact) mass is 2560 g/mol. The van der Waals surface area contributed by atoms with Crippen LogP contribution in [-0.2, 0) is 185 Å². The summed E-state index contributed by atoms with van der Waals surface area (Å²) in [6.45, 7) is 0. The number of rotatable bonds is 4. The van der Waals surface area contributed by atoms with Crippen LogP contribution in [-0.4, -0.2) is 85.4 Å². The van der Waals surface area contributed by atoms with Gasteiger partial charge in [0.15, 0.2) is 0 Å². The molecule has 25 nitrogen and oxygen atoms in total. The molecule has 20 bridgehead atoms. The Labute approximate surface area is 846 Å². The molecule has 30 rings (SSSR count). The second-order valence-corrected chi connectivity index (χ2v) is 41.7. The van der Waals surface area contributed by atoms with Crippen LogP contribution in [0.1, 0.15) is 111 Å². The second kappa shape index (κ2) is 50.2. The molecule has 0 aromatic heterocycles. The largest absolute Gasteiger partial charge is 0.522 e. The molecule has 0 saturated heterocycles. The first-order valence-electron chi connectivity index (χ1n) is 37.8. The molecule has 48 heteroatoms. The molecule has 131 heavy (non-hydrogen) atoms. The fourth-order valence-electron chi connectivity index (χ4n) is 13.3. The first-order chi connectivity index (χ1) is 60.4. The van der Waals surface area contributed by atoms with E-state index in [1.807, 2.05) is 12.1 Å². The van der Waals surface area contributed by atoms with Gasteiger partial charge in [0.25, 0.3) is 27.8 Å². The van der Waals surface area contributed by atoms with Crippen molar-refractivity contribution in [1.82, 2.24) is 0 Å². The summed E-state index contributed by atoms with van der Waals surface area (Å²) in [5, 5.41) is 59.0. The number of nitrogens with zero attached hydrogens (tertiary/aromatic N) is 5. The summed E-state index contributed by atoms with van der Waals surface area (Å²) in [5.41, 5.74) is 6.51. The summed E-state index contributed by atoms with van der Waals surface area (Å²) in [6.07, 6.45) is 16.8. The zero-order chi connectivity index (χ0) is 97.0. The molecule has 10 aromatic rings. The summed E-state index contributed by atoms with van der Waals surface area (Å²) >= 11 is 36.0. The van der Waals surface area contributed by atoms with Crippen molar-refractivity contribution in [3.8, 4) is 0 Å². The molecule has 0 aliphatic heterocycles. The Morgan fingerprint density at radius 1 is 0.229 bits per heavy atom. The topological polar surface area (TPSA) is 399 Å². The van der Waals surface area contributed by atoms with Crippen LogP contribution in [0.15, 0.2) is 202 Å². The van der Waals surface area contributed by atoms with Gasteiger partial charge in [-0.1, -0.05) is 232 Å². The first kappa shape index (κ1) is 113. The zero-order valence-electron chi connectivity index (χ0n) is 67.2. The Morgan fingerprint density at radius 2 is 0.344 bits per heavy atom. The maximum absolute atomic E-state index is 11.4.